The van der Waals surface area contributed by atoms with Crippen LogP contribution < -0.4 is 10.6 Å². The normalized spacial score (nSPS) is 21.7. The fourth-order valence-corrected chi connectivity index (χ4v) is 3.32. The zero-order valence-corrected chi connectivity index (χ0v) is 13.7. The zero-order valence-electron chi connectivity index (χ0n) is 12.9. The molecule has 118 valence electrons. The molecule has 2 atom stereocenters. The van der Waals surface area contributed by atoms with E-state index in [1.165, 1.54) is 0 Å². The van der Waals surface area contributed by atoms with Crippen LogP contribution in [0.2, 0.25) is 0 Å². The highest BCUT2D eigenvalue weighted by atomic mass is 32.1. The lowest BCUT2D eigenvalue weighted by Crippen LogP contribution is -2.50. The molecule has 3 heterocycles. The highest BCUT2D eigenvalue weighted by molar-refractivity contribution is 7.08. The van der Waals surface area contributed by atoms with E-state index in [-0.39, 0.29) is 18.4 Å². The maximum absolute atomic E-state index is 12.3. The minimum Gasteiger partial charge on any atom is -0.441 e. The Bertz CT molecular complexity index is 636. The number of hydrogen-bond donors (Lipinski definition) is 2. The molecule has 0 bridgehead atoms. The van der Waals surface area contributed by atoms with Crippen molar-refractivity contribution in [1.29, 1.82) is 0 Å². The van der Waals surface area contributed by atoms with E-state index in [0.29, 0.717) is 17.6 Å². The first-order chi connectivity index (χ1) is 10.6. The first kappa shape index (κ1) is 15.2. The van der Waals surface area contributed by atoms with Crippen molar-refractivity contribution in [2.24, 2.45) is 5.92 Å². The third-order valence-corrected chi connectivity index (χ3v) is 4.85. The molecule has 0 radical (unpaired) electrons. The number of aryl methyl sites for hydroxylation is 1. The molecule has 2 N–H and O–H groups in total. The number of carbonyl (C=O) groups excluding carboxylic acids is 1. The average molecular weight is 319 g/mol. The van der Waals surface area contributed by atoms with Crippen LogP contribution in [0.4, 0.5) is 0 Å². The second kappa shape index (κ2) is 6.62. The van der Waals surface area contributed by atoms with Gasteiger partial charge < -0.3 is 15.1 Å². The van der Waals surface area contributed by atoms with Crippen molar-refractivity contribution >= 4 is 17.2 Å². The topological polar surface area (TPSA) is 67.2 Å². The van der Waals surface area contributed by atoms with Gasteiger partial charge in [-0.25, -0.2) is 4.98 Å². The molecule has 0 aliphatic carbocycles. The van der Waals surface area contributed by atoms with Crippen LogP contribution in [0.1, 0.15) is 24.8 Å². The largest absolute Gasteiger partial charge is 0.441 e. The van der Waals surface area contributed by atoms with Gasteiger partial charge in [0.15, 0.2) is 0 Å². The highest BCUT2D eigenvalue weighted by Crippen LogP contribution is 2.24. The van der Waals surface area contributed by atoms with Crippen LogP contribution in [0.15, 0.2) is 21.2 Å². The number of amides is 1. The Morgan fingerprint density at radius 2 is 2.45 bits per heavy atom. The van der Waals surface area contributed by atoms with Crippen molar-refractivity contribution < 1.29 is 9.21 Å². The first-order valence-electron chi connectivity index (χ1n) is 7.62. The van der Waals surface area contributed by atoms with Gasteiger partial charge in [0.2, 0.25) is 11.8 Å². The molecule has 2 aromatic rings. The van der Waals surface area contributed by atoms with E-state index in [1.807, 2.05) is 23.8 Å². The molecule has 2 unspecified atom stereocenters. The van der Waals surface area contributed by atoms with Gasteiger partial charge in [-0.15, -0.1) is 0 Å². The molecule has 1 aliphatic rings. The SMILES string of the molecule is Cc1oc(-c2ccsc2)nc1CC(=O)NC1CNCCC1C. The lowest BCUT2D eigenvalue weighted by atomic mass is 9.94. The third-order valence-electron chi connectivity index (χ3n) is 4.16. The summed E-state index contributed by atoms with van der Waals surface area (Å²) in [6.45, 7) is 5.91. The summed E-state index contributed by atoms with van der Waals surface area (Å²) in [7, 11) is 0. The van der Waals surface area contributed by atoms with E-state index in [9.17, 15) is 4.79 Å². The smallest absolute Gasteiger partial charge is 0.227 e. The van der Waals surface area contributed by atoms with Crippen LogP contribution in [0, 0.1) is 12.8 Å². The Labute approximate surface area is 134 Å². The molecular weight excluding hydrogens is 298 g/mol. The Balaban J connectivity index is 1.64. The lowest BCUT2D eigenvalue weighted by molar-refractivity contribution is -0.121. The number of nitrogens with zero attached hydrogens (tertiary/aromatic N) is 1. The molecule has 1 saturated heterocycles. The number of hydrogen-bond acceptors (Lipinski definition) is 5. The molecule has 1 aliphatic heterocycles. The van der Waals surface area contributed by atoms with Crippen LogP contribution in [0.25, 0.3) is 11.5 Å². The number of piperidine rings is 1. The number of aromatic nitrogens is 1. The van der Waals surface area contributed by atoms with Crippen LogP contribution >= 0.6 is 11.3 Å². The van der Waals surface area contributed by atoms with E-state index in [2.05, 4.69) is 22.5 Å². The first-order valence-corrected chi connectivity index (χ1v) is 8.56. The Kier molecular flexibility index (Phi) is 4.59. The Hall–Kier alpha value is -1.66. The second-order valence-electron chi connectivity index (χ2n) is 5.85. The summed E-state index contributed by atoms with van der Waals surface area (Å²) in [4.78, 5) is 16.7. The molecular formula is C16H21N3O2S. The maximum Gasteiger partial charge on any atom is 0.227 e. The minimum atomic E-state index is 0.00817. The Morgan fingerprint density at radius 3 is 3.18 bits per heavy atom. The van der Waals surface area contributed by atoms with E-state index < -0.39 is 0 Å². The van der Waals surface area contributed by atoms with Gasteiger partial charge in [0.05, 0.1) is 12.1 Å². The predicted molar refractivity (Wildman–Crippen MR) is 86.8 cm³/mol. The molecule has 0 spiro atoms. The Morgan fingerprint density at radius 1 is 1.59 bits per heavy atom. The number of nitrogens with one attached hydrogen (secondary N) is 2. The van der Waals surface area contributed by atoms with Crippen LogP contribution in [0.3, 0.4) is 0 Å². The van der Waals surface area contributed by atoms with Crippen LogP contribution in [-0.4, -0.2) is 30.0 Å². The average Bonchev–Trinajstić information content (AvgIpc) is 3.12. The summed E-state index contributed by atoms with van der Waals surface area (Å²) in [5.74, 6) is 1.82. The number of oxazole rings is 1. The van der Waals surface area contributed by atoms with Crippen molar-refractivity contribution in [2.75, 3.05) is 13.1 Å². The fourth-order valence-electron chi connectivity index (χ4n) is 2.69. The van der Waals surface area contributed by atoms with Gasteiger partial charge >= 0.3 is 0 Å². The van der Waals surface area contributed by atoms with Crippen molar-refractivity contribution in [2.45, 2.75) is 32.7 Å². The summed E-state index contributed by atoms with van der Waals surface area (Å²) in [6.07, 6.45) is 1.36. The van der Waals surface area contributed by atoms with Gasteiger partial charge in [-0.1, -0.05) is 6.92 Å². The third kappa shape index (κ3) is 3.39. The monoisotopic (exact) mass is 319 g/mol. The van der Waals surface area contributed by atoms with E-state index in [1.54, 1.807) is 11.3 Å². The molecule has 2 aromatic heterocycles. The van der Waals surface area contributed by atoms with Crippen LogP contribution in [-0.2, 0) is 11.2 Å². The molecule has 6 heteroatoms. The lowest BCUT2D eigenvalue weighted by Gasteiger charge is -2.30. The molecule has 22 heavy (non-hydrogen) atoms. The number of thiophene rings is 1. The predicted octanol–water partition coefficient (Wildman–Crippen LogP) is 2.37. The van der Waals surface area contributed by atoms with Crippen molar-refractivity contribution in [1.82, 2.24) is 15.6 Å². The van der Waals surface area contributed by atoms with E-state index in [4.69, 9.17) is 4.42 Å². The molecule has 0 aromatic carbocycles. The van der Waals surface area contributed by atoms with E-state index in [0.717, 1.165) is 30.8 Å². The standard InChI is InChI=1S/C16H21N3O2S/c1-10-3-5-17-8-14(10)18-15(20)7-13-11(2)21-16(19-13)12-4-6-22-9-12/h4,6,9-10,14,17H,3,5,7-8H2,1-2H3,(H,18,20). The van der Waals surface area contributed by atoms with Gasteiger partial charge in [-0.3, -0.25) is 4.79 Å². The van der Waals surface area contributed by atoms with Crippen molar-refractivity contribution in [3.63, 3.8) is 0 Å². The van der Waals surface area contributed by atoms with Crippen LogP contribution in [0.5, 0.6) is 0 Å². The summed E-state index contributed by atoms with van der Waals surface area (Å²) >= 11 is 1.60. The van der Waals surface area contributed by atoms with Crippen molar-refractivity contribution in [3.05, 3.63) is 28.3 Å². The van der Waals surface area contributed by atoms with Gasteiger partial charge in [0.25, 0.3) is 0 Å². The van der Waals surface area contributed by atoms with Gasteiger partial charge in [-0.05, 0) is 37.3 Å². The maximum atomic E-state index is 12.3. The fraction of sp³-hybridized carbons (Fsp3) is 0.500. The quantitative estimate of drug-likeness (QED) is 0.908. The second-order valence-corrected chi connectivity index (χ2v) is 6.63. The minimum absolute atomic E-state index is 0.00817. The number of carbonyl (C=O) groups is 1. The number of rotatable bonds is 4. The summed E-state index contributed by atoms with van der Waals surface area (Å²) in [5.41, 5.74) is 1.68. The summed E-state index contributed by atoms with van der Waals surface area (Å²) in [6, 6.07) is 2.17. The van der Waals surface area contributed by atoms with Crippen molar-refractivity contribution in [3.8, 4) is 11.5 Å². The zero-order chi connectivity index (χ0) is 15.5. The molecule has 5 nitrogen and oxygen atoms in total. The summed E-state index contributed by atoms with van der Waals surface area (Å²) in [5, 5.41) is 10.4. The van der Waals surface area contributed by atoms with Gasteiger partial charge in [0.1, 0.15) is 5.76 Å². The molecule has 1 amide bonds. The molecule has 3 rings (SSSR count). The van der Waals surface area contributed by atoms with E-state index >= 15 is 0 Å². The highest BCUT2D eigenvalue weighted by Gasteiger charge is 2.23. The van der Waals surface area contributed by atoms with Gasteiger partial charge in [-0.2, -0.15) is 11.3 Å². The van der Waals surface area contributed by atoms with Gasteiger partial charge in [0, 0.05) is 23.5 Å². The molecule has 0 saturated carbocycles. The summed E-state index contributed by atoms with van der Waals surface area (Å²) < 4.78 is 5.67. The molecule has 1 fully saturated rings.